The lowest BCUT2D eigenvalue weighted by Crippen LogP contribution is -2.25. The summed E-state index contributed by atoms with van der Waals surface area (Å²) in [4.78, 5) is 36.3. The highest BCUT2D eigenvalue weighted by Crippen LogP contribution is 2.26. The van der Waals surface area contributed by atoms with Crippen LogP contribution in [0.15, 0.2) is 24.3 Å². The van der Waals surface area contributed by atoms with Crippen molar-refractivity contribution in [3.63, 3.8) is 0 Å². The fourth-order valence-corrected chi connectivity index (χ4v) is 2.68. The van der Waals surface area contributed by atoms with Crippen molar-refractivity contribution in [2.75, 3.05) is 16.8 Å². The molecule has 0 aromatic heterocycles. The van der Waals surface area contributed by atoms with Crippen LogP contribution in [0.5, 0.6) is 0 Å². The maximum absolute atomic E-state index is 12.0. The van der Waals surface area contributed by atoms with E-state index in [4.69, 9.17) is 5.11 Å². The minimum absolute atomic E-state index is 0.0252. The Hall–Kier alpha value is -2.37. The molecule has 6 nitrogen and oxygen atoms in total. The third-order valence-electron chi connectivity index (χ3n) is 4.09. The number of hydrogen-bond donors (Lipinski definition) is 2. The Morgan fingerprint density at radius 3 is 2.52 bits per heavy atom. The van der Waals surface area contributed by atoms with Gasteiger partial charge < -0.3 is 15.3 Å². The molecule has 0 spiro atoms. The van der Waals surface area contributed by atoms with Gasteiger partial charge in [-0.3, -0.25) is 14.4 Å². The van der Waals surface area contributed by atoms with Gasteiger partial charge in [-0.15, -0.1) is 0 Å². The molecule has 6 heteroatoms. The van der Waals surface area contributed by atoms with Crippen LogP contribution in [0.4, 0.5) is 11.4 Å². The van der Waals surface area contributed by atoms with Crippen LogP contribution in [0.3, 0.4) is 0 Å². The molecular weight excluding hydrogens is 296 g/mol. The van der Waals surface area contributed by atoms with Gasteiger partial charge in [0.15, 0.2) is 0 Å². The first-order valence-corrected chi connectivity index (χ1v) is 7.86. The number of anilines is 2. The molecule has 0 aliphatic carbocycles. The molecule has 0 unspecified atom stereocenters. The summed E-state index contributed by atoms with van der Waals surface area (Å²) in [5.41, 5.74) is 1.32. The highest BCUT2D eigenvalue weighted by molar-refractivity contribution is 5.99. The molecule has 0 saturated carbocycles. The summed E-state index contributed by atoms with van der Waals surface area (Å²) in [7, 11) is 0. The van der Waals surface area contributed by atoms with E-state index in [2.05, 4.69) is 5.32 Å². The average Bonchev–Trinajstić information content (AvgIpc) is 2.90. The summed E-state index contributed by atoms with van der Waals surface area (Å²) in [5, 5.41) is 11.9. The molecule has 1 saturated heterocycles. The molecule has 2 N–H and O–H groups in total. The molecule has 1 heterocycles. The minimum Gasteiger partial charge on any atom is -0.481 e. The molecule has 2 rings (SSSR count). The van der Waals surface area contributed by atoms with Gasteiger partial charge in [-0.05, 0) is 30.7 Å². The number of nitrogens with one attached hydrogen (secondary N) is 1. The van der Waals surface area contributed by atoms with E-state index < -0.39 is 11.9 Å². The summed E-state index contributed by atoms with van der Waals surface area (Å²) in [6.07, 6.45) is 1.82. The van der Waals surface area contributed by atoms with Crippen molar-refractivity contribution in [3.05, 3.63) is 24.3 Å². The van der Waals surface area contributed by atoms with Crippen molar-refractivity contribution in [1.82, 2.24) is 0 Å². The molecule has 23 heavy (non-hydrogen) atoms. The highest BCUT2D eigenvalue weighted by atomic mass is 16.4. The maximum Gasteiger partial charge on any atom is 0.308 e. The zero-order chi connectivity index (χ0) is 17.0. The molecule has 1 aliphatic heterocycles. The average molecular weight is 318 g/mol. The van der Waals surface area contributed by atoms with Gasteiger partial charge in [0.05, 0.1) is 5.92 Å². The van der Waals surface area contributed by atoms with Crippen LogP contribution < -0.4 is 10.2 Å². The van der Waals surface area contributed by atoms with Crippen LogP contribution in [0.2, 0.25) is 0 Å². The van der Waals surface area contributed by atoms with Crippen LogP contribution in [0.1, 0.15) is 33.1 Å². The highest BCUT2D eigenvalue weighted by Gasteiger charge is 2.34. The van der Waals surface area contributed by atoms with Crippen molar-refractivity contribution in [1.29, 1.82) is 0 Å². The molecule has 124 valence electrons. The fraction of sp³-hybridized carbons (Fsp3) is 0.471. The molecule has 1 aromatic rings. The molecule has 1 fully saturated rings. The monoisotopic (exact) mass is 318 g/mol. The summed E-state index contributed by atoms with van der Waals surface area (Å²) in [6, 6.07) is 6.91. The summed E-state index contributed by atoms with van der Waals surface area (Å²) >= 11 is 0. The second-order valence-electron chi connectivity index (χ2n) is 5.97. The topological polar surface area (TPSA) is 86.7 Å². The SMILES string of the molecule is CCC[C@@H](C)C(=O)Nc1ccc(N2C[C@@H](C(=O)O)CC2=O)cc1. The smallest absolute Gasteiger partial charge is 0.308 e. The number of nitrogens with zero attached hydrogens (tertiary/aromatic N) is 1. The summed E-state index contributed by atoms with van der Waals surface area (Å²) in [5.74, 6) is -1.86. The molecule has 1 aromatic carbocycles. The largest absolute Gasteiger partial charge is 0.481 e. The predicted molar refractivity (Wildman–Crippen MR) is 87.2 cm³/mol. The number of aliphatic carboxylic acids is 1. The van der Waals surface area contributed by atoms with Crippen molar-refractivity contribution in [2.24, 2.45) is 11.8 Å². The molecule has 0 radical (unpaired) electrons. The first-order chi connectivity index (χ1) is 10.9. The Morgan fingerprint density at radius 2 is 2.00 bits per heavy atom. The van der Waals surface area contributed by atoms with Crippen molar-refractivity contribution in [2.45, 2.75) is 33.1 Å². The van der Waals surface area contributed by atoms with Crippen molar-refractivity contribution >= 4 is 29.2 Å². The van der Waals surface area contributed by atoms with Crippen molar-refractivity contribution < 1.29 is 19.5 Å². The van der Waals surface area contributed by atoms with E-state index in [0.717, 1.165) is 12.8 Å². The molecular formula is C17H22N2O4. The number of carboxylic acid groups (broad SMARTS) is 1. The first kappa shape index (κ1) is 17.0. The van der Waals surface area contributed by atoms with E-state index >= 15 is 0 Å². The standard InChI is InChI=1S/C17H22N2O4/c1-3-4-11(2)16(21)18-13-5-7-14(8-6-13)19-10-12(17(22)23)9-15(19)20/h5-8,11-12H,3-4,9-10H2,1-2H3,(H,18,21)(H,22,23)/t11-,12+/m1/s1. The Labute approximate surface area is 135 Å². The molecule has 2 amide bonds. The van der Waals surface area contributed by atoms with E-state index in [-0.39, 0.29) is 30.7 Å². The molecule has 2 atom stereocenters. The zero-order valence-electron chi connectivity index (χ0n) is 13.4. The Balaban J connectivity index is 2.01. The quantitative estimate of drug-likeness (QED) is 0.843. The lowest BCUT2D eigenvalue weighted by molar-refractivity contribution is -0.141. The second kappa shape index (κ2) is 7.26. The van der Waals surface area contributed by atoms with E-state index in [1.165, 1.54) is 4.90 Å². The molecule has 1 aliphatic rings. The number of carbonyl (C=O) groups excluding carboxylic acids is 2. The van der Waals surface area contributed by atoms with Crippen molar-refractivity contribution in [3.8, 4) is 0 Å². The maximum atomic E-state index is 12.0. The Bertz CT molecular complexity index is 597. The lowest BCUT2D eigenvalue weighted by Gasteiger charge is -2.17. The van der Waals surface area contributed by atoms with Gasteiger partial charge in [0, 0.05) is 30.3 Å². The predicted octanol–water partition coefficient (Wildman–Crippen LogP) is 2.50. The third-order valence-corrected chi connectivity index (χ3v) is 4.09. The summed E-state index contributed by atoms with van der Waals surface area (Å²) < 4.78 is 0. The van der Waals surface area contributed by atoms with Crippen LogP contribution in [-0.4, -0.2) is 29.4 Å². The second-order valence-corrected chi connectivity index (χ2v) is 5.97. The molecule has 0 bridgehead atoms. The van der Waals surface area contributed by atoms with Gasteiger partial charge in [-0.1, -0.05) is 20.3 Å². The van der Waals surface area contributed by atoms with Crippen LogP contribution in [0.25, 0.3) is 0 Å². The van der Waals surface area contributed by atoms with Gasteiger partial charge in [0.25, 0.3) is 0 Å². The third kappa shape index (κ3) is 4.09. The first-order valence-electron chi connectivity index (χ1n) is 7.86. The van der Waals surface area contributed by atoms with E-state index in [1.54, 1.807) is 24.3 Å². The van der Waals surface area contributed by atoms with Crippen LogP contribution >= 0.6 is 0 Å². The normalized spacial score (nSPS) is 18.8. The number of carboxylic acids is 1. The van der Waals surface area contributed by atoms with Crippen LogP contribution in [-0.2, 0) is 14.4 Å². The fourth-order valence-electron chi connectivity index (χ4n) is 2.68. The lowest BCUT2D eigenvalue weighted by atomic mass is 10.1. The number of rotatable bonds is 6. The number of benzene rings is 1. The number of amides is 2. The minimum atomic E-state index is -0.949. The Morgan fingerprint density at radius 1 is 1.35 bits per heavy atom. The van der Waals surface area contributed by atoms with E-state index in [1.807, 2.05) is 13.8 Å². The number of hydrogen-bond acceptors (Lipinski definition) is 3. The zero-order valence-corrected chi connectivity index (χ0v) is 13.4. The van der Waals surface area contributed by atoms with Crippen LogP contribution in [0, 0.1) is 11.8 Å². The van der Waals surface area contributed by atoms with E-state index in [9.17, 15) is 14.4 Å². The number of carbonyl (C=O) groups is 3. The van der Waals surface area contributed by atoms with Gasteiger partial charge in [-0.25, -0.2) is 0 Å². The summed E-state index contributed by atoms with van der Waals surface area (Å²) in [6.45, 7) is 4.12. The van der Waals surface area contributed by atoms with Gasteiger partial charge in [0.2, 0.25) is 11.8 Å². The van der Waals surface area contributed by atoms with Gasteiger partial charge in [-0.2, -0.15) is 0 Å². The van der Waals surface area contributed by atoms with Gasteiger partial charge in [0.1, 0.15) is 0 Å². The van der Waals surface area contributed by atoms with E-state index in [0.29, 0.717) is 11.4 Å². The Kier molecular flexibility index (Phi) is 5.36. The van der Waals surface area contributed by atoms with Gasteiger partial charge >= 0.3 is 5.97 Å².